The molecule has 1 aromatic heterocycles. The third-order valence-corrected chi connectivity index (χ3v) is 2.74. The molecule has 1 heterocycles. The summed E-state index contributed by atoms with van der Waals surface area (Å²) in [5.74, 6) is -27.1. The molecule has 0 fully saturated rings. The highest BCUT2D eigenvalue weighted by molar-refractivity contribution is 5.77. The number of halogens is 6. The van der Waals surface area contributed by atoms with Crippen molar-refractivity contribution in [3.8, 4) is 0 Å². The molecule has 5 nitrogen and oxygen atoms in total. The van der Waals surface area contributed by atoms with Crippen LogP contribution in [0.15, 0.2) is 30.6 Å². The molecule has 0 radical (unpaired) electrons. The Bertz CT molecular complexity index is 549. The highest BCUT2D eigenvalue weighted by Gasteiger charge is 2.82. The predicted molar refractivity (Wildman–Crippen MR) is 56.3 cm³/mol. The number of pyridine rings is 1. The van der Waals surface area contributed by atoms with Gasteiger partial charge in [0.05, 0.1) is 0 Å². The molecule has 0 aliphatic rings. The van der Waals surface area contributed by atoms with Crippen LogP contribution in [0.25, 0.3) is 0 Å². The van der Waals surface area contributed by atoms with Gasteiger partial charge in [0.15, 0.2) is 12.4 Å². The van der Waals surface area contributed by atoms with Crippen LogP contribution in [0.2, 0.25) is 0 Å². The standard InChI is InChI=1S/C11H9F6NO4/c12-9(13,7(19)20)11(16,17)10(14,15)8(21,22)6-18-4-2-1-3-5-18/h1-5,21-22H,6H2/p+1. The zero-order valence-electron chi connectivity index (χ0n) is 10.6. The first-order chi connectivity index (χ1) is 9.77. The number of nitrogens with zero attached hydrogens (tertiary/aromatic N) is 1. The molecule has 0 spiro atoms. The summed E-state index contributed by atoms with van der Waals surface area (Å²) in [5, 5.41) is 26.3. The molecular formula is C11H10F6NO4+. The molecule has 11 heteroatoms. The maximum atomic E-state index is 13.5. The molecule has 0 saturated heterocycles. The van der Waals surface area contributed by atoms with Gasteiger partial charge in [0.25, 0.3) is 5.79 Å². The smallest absolute Gasteiger partial charge is 0.410 e. The zero-order chi connectivity index (χ0) is 17.4. The second-order valence-corrected chi connectivity index (χ2v) is 4.39. The van der Waals surface area contributed by atoms with Crippen LogP contribution in [0.4, 0.5) is 26.3 Å². The monoisotopic (exact) mass is 334 g/mol. The van der Waals surface area contributed by atoms with E-state index in [1.165, 1.54) is 18.2 Å². The fraction of sp³-hybridized carbons (Fsp3) is 0.455. The lowest BCUT2D eigenvalue weighted by atomic mass is 9.96. The number of carbonyl (C=O) groups is 1. The third-order valence-electron chi connectivity index (χ3n) is 2.74. The maximum absolute atomic E-state index is 13.5. The van der Waals surface area contributed by atoms with E-state index in [2.05, 4.69) is 0 Å². The molecule has 22 heavy (non-hydrogen) atoms. The first-order valence-electron chi connectivity index (χ1n) is 5.53. The van der Waals surface area contributed by atoms with E-state index in [-0.39, 0.29) is 0 Å². The summed E-state index contributed by atoms with van der Waals surface area (Å²) >= 11 is 0. The fourth-order valence-electron chi connectivity index (χ4n) is 1.48. The Hall–Kier alpha value is -1.88. The summed E-state index contributed by atoms with van der Waals surface area (Å²) < 4.78 is 79.7. The molecule has 3 N–H and O–H groups in total. The van der Waals surface area contributed by atoms with E-state index in [1.807, 2.05) is 0 Å². The van der Waals surface area contributed by atoms with E-state index < -0.39 is 36.1 Å². The third kappa shape index (κ3) is 2.73. The molecule has 1 aromatic rings. The lowest BCUT2D eigenvalue weighted by molar-refractivity contribution is -0.726. The van der Waals surface area contributed by atoms with Crippen LogP contribution in [-0.2, 0) is 11.3 Å². The topological polar surface area (TPSA) is 81.6 Å². The summed E-state index contributed by atoms with van der Waals surface area (Å²) in [4.78, 5) is 10.1. The van der Waals surface area contributed by atoms with E-state index >= 15 is 0 Å². The van der Waals surface area contributed by atoms with Crippen molar-refractivity contribution in [2.75, 3.05) is 0 Å². The quantitative estimate of drug-likeness (QED) is 0.405. The Morgan fingerprint density at radius 3 is 1.77 bits per heavy atom. The molecule has 0 aromatic carbocycles. The van der Waals surface area contributed by atoms with Crippen molar-refractivity contribution in [3.05, 3.63) is 30.6 Å². The van der Waals surface area contributed by atoms with Crippen LogP contribution in [-0.4, -0.2) is 44.8 Å². The Morgan fingerprint density at radius 1 is 0.909 bits per heavy atom. The van der Waals surface area contributed by atoms with Crippen LogP contribution in [0.5, 0.6) is 0 Å². The molecule has 0 aliphatic heterocycles. The van der Waals surface area contributed by atoms with Gasteiger partial charge in [-0.3, -0.25) is 0 Å². The average molecular weight is 334 g/mol. The first-order valence-corrected chi connectivity index (χ1v) is 5.53. The summed E-state index contributed by atoms with van der Waals surface area (Å²) in [6, 6.07) is 3.83. The minimum atomic E-state index is -6.55. The molecule has 0 unspecified atom stereocenters. The molecule has 0 bridgehead atoms. The number of aliphatic hydroxyl groups is 2. The van der Waals surface area contributed by atoms with E-state index in [0.717, 1.165) is 12.4 Å². The summed E-state index contributed by atoms with van der Waals surface area (Å²) in [7, 11) is 0. The lowest BCUT2D eigenvalue weighted by Crippen LogP contribution is -2.70. The van der Waals surface area contributed by atoms with E-state index in [0.29, 0.717) is 4.57 Å². The van der Waals surface area contributed by atoms with E-state index in [1.54, 1.807) is 0 Å². The molecule has 0 atom stereocenters. The lowest BCUT2D eigenvalue weighted by Gasteiger charge is -2.36. The molecular weight excluding hydrogens is 324 g/mol. The molecule has 0 amide bonds. The van der Waals surface area contributed by atoms with Crippen molar-refractivity contribution in [1.82, 2.24) is 0 Å². The minimum Gasteiger partial charge on any atom is -0.477 e. The highest BCUT2D eigenvalue weighted by atomic mass is 19.3. The number of carboxylic acids is 1. The van der Waals surface area contributed by atoms with Gasteiger partial charge in [0.2, 0.25) is 6.54 Å². The van der Waals surface area contributed by atoms with Gasteiger partial charge < -0.3 is 15.3 Å². The Morgan fingerprint density at radius 2 is 1.36 bits per heavy atom. The number of hydrogen-bond acceptors (Lipinski definition) is 3. The van der Waals surface area contributed by atoms with Crippen molar-refractivity contribution >= 4 is 5.97 Å². The maximum Gasteiger partial charge on any atom is 0.410 e. The summed E-state index contributed by atoms with van der Waals surface area (Å²) in [5.41, 5.74) is 0. The van der Waals surface area contributed by atoms with Crippen LogP contribution < -0.4 is 4.57 Å². The van der Waals surface area contributed by atoms with Crippen molar-refractivity contribution in [1.29, 1.82) is 0 Å². The van der Waals surface area contributed by atoms with Crippen LogP contribution in [0, 0.1) is 0 Å². The largest absolute Gasteiger partial charge is 0.477 e. The van der Waals surface area contributed by atoms with Gasteiger partial charge >= 0.3 is 23.7 Å². The fourth-order valence-corrected chi connectivity index (χ4v) is 1.48. The van der Waals surface area contributed by atoms with Gasteiger partial charge in [0, 0.05) is 12.1 Å². The van der Waals surface area contributed by atoms with Gasteiger partial charge in [-0.2, -0.15) is 30.9 Å². The van der Waals surface area contributed by atoms with Crippen molar-refractivity contribution in [2.45, 2.75) is 30.1 Å². The van der Waals surface area contributed by atoms with Gasteiger partial charge in [-0.15, -0.1) is 0 Å². The first kappa shape index (κ1) is 18.2. The predicted octanol–water partition coefficient (Wildman–Crippen LogP) is 0.646. The number of hydrogen-bond donors (Lipinski definition) is 3. The van der Waals surface area contributed by atoms with E-state index in [9.17, 15) is 31.1 Å². The van der Waals surface area contributed by atoms with Gasteiger partial charge in [-0.25, -0.2) is 4.79 Å². The van der Waals surface area contributed by atoms with E-state index in [4.69, 9.17) is 15.3 Å². The molecule has 0 aliphatic carbocycles. The number of aromatic nitrogens is 1. The Balaban J connectivity index is 3.23. The van der Waals surface area contributed by atoms with Crippen molar-refractivity contribution < 1.29 is 51.0 Å². The average Bonchev–Trinajstić information content (AvgIpc) is 2.38. The van der Waals surface area contributed by atoms with Crippen LogP contribution >= 0.6 is 0 Å². The molecule has 0 saturated carbocycles. The van der Waals surface area contributed by atoms with Crippen LogP contribution in [0.3, 0.4) is 0 Å². The van der Waals surface area contributed by atoms with Gasteiger partial charge in [0.1, 0.15) is 0 Å². The second kappa shape index (κ2) is 5.39. The number of carboxylic acid groups (broad SMARTS) is 1. The summed E-state index contributed by atoms with van der Waals surface area (Å²) in [6.07, 6.45) is 1.95. The SMILES string of the molecule is O=C(O)C(F)(F)C(F)(F)C(F)(F)C(O)(O)C[n+]1ccccc1. The van der Waals surface area contributed by atoms with Gasteiger partial charge in [-0.1, -0.05) is 6.07 Å². The Labute approximate surface area is 119 Å². The number of rotatable bonds is 6. The minimum absolute atomic E-state index is 0.614. The summed E-state index contributed by atoms with van der Waals surface area (Å²) in [6.45, 7) is -1.61. The zero-order valence-corrected chi connectivity index (χ0v) is 10.6. The van der Waals surface area contributed by atoms with Gasteiger partial charge in [-0.05, 0) is 0 Å². The van der Waals surface area contributed by atoms with Crippen LogP contribution in [0.1, 0.15) is 0 Å². The normalized spacial score (nSPS) is 14.0. The number of aliphatic carboxylic acids is 1. The Kier molecular flexibility index (Phi) is 4.45. The number of alkyl halides is 6. The molecule has 124 valence electrons. The van der Waals surface area contributed by atoms with Crippen molar-refractivity contribution in [2.24, 2.45) is 0 Å². The molecule has 1 rings (SSSR count). The second-order valence-electron chi connectivity index (χ2n) is 4.39. The van der Waals surface area contributed by atoms with Crippen molar-refractivity contribution in [3.63, 3.8) is 0 Å². The highest BCUT2D eigenvalue weighted by Crippen LogP contribution is 2.50.